The summed E-state index contributed by atoms with van der Waals surface area (Å²) in [5, 5.41) is 7.42. The number of carbonyl (C=O) groups is 3. The molecule has 9 heteroatoms. The van der Waals surface area contributed by atoms with E-state index in [0.29, 0.717) is 26.1 Å². The van der Waals surface area contributed by atoms with Crippen LogP contribution in [0.15, 0.2) is 18.2 Å². The van der Waals surface area contributed by atoms with Gasteiger partial charge in [-0.2, -0.15) is 0 Å². The lowest BCUT2D eigenvalue weighted by Crippen LogP contribution is -2.48. The third-order valence-electron chi connectivity index (χ3n) is 5.07. The minimum absolute atomic E-state index is 0.00880. The number of methoxy groups -OCH3 is 1. The Labute approximate surface area is 155 Å². The Kier molecular flexibility index (Phi) is 5.05. The van der Waals surface area contributed by atoms with Crippen molar-refractivity contribution in [2.45, 2.75) is 31.5 Å². The van der Waals surface area contributed by atoms with Gasteiger partial charge in [0, 0.05) is 26.4 Å². The van der Waals surface area contributed by atoms with Crippen molar-refractivity contribution in [3.63, 3.8) is 0 Å². The number of benzene rings is 1. The first kappa shape index (κ1) is 19.1. The maximum atomic E-state index is 14.2. The second-order valence-corrected chi connectivity index (χ2v) is 6.54. The van der Waals surface area contributed by atoms with Crippen molar-refractivity contribution in [3.8, 4) is 5.75 Å². The molecule has 0 unspecified atom stereocenters. The van der Waals surface area contributed by atoms with Gasteiger partial charge in [0.05, 0.1) is 26.2 Å². The van der Waals surface area contributed by atoms with E-state index in [2.05, 4.69) is 0 Å². The number of nitrogens with zero attached hydrogens (tertiary/aromatic N) is 2. The van der Waals surface area contributed by atoms with Crippen LogP contribution in [0.5, 0.6) is 5.75 Å². The van der Waals surface area contributed by atoms with Crippen molar-refractivity contribution in [3.05, 3.63) is 29.6 Å². The first-order valence-electron chi connectivity index (χ1n) is 8.59. The van der Waals surface area contributed by atoms with E-state index in [-0.39, 0.29) is 29.7 Å². The van der Waals surface area contributed by atoms with Crippen molar-refractivity contribution in [2.24, 2.45) is 0 Å². The van der Waals surface area contributed by atoms with E-state index in [4.69, 9.17) is 19.4 Å². The van der Waals surface area contributed by atoms with Crippen LogP contribution in [0.1, 0.15) is 30.1 Å². The highest BCUT2D eigenvalue weighted by molar-refractivity contribution is 5.98. The number of carboxylic acids is 1. The number of halogens is 1. The summed E-state index contributed by atoms with van der Waals surface area (Å²) in [7, 11) is 1.40. The molecular formula is C18H21FN2O6. The van der Waals surface area contributed by atoms with Gasteiger partial charge in [0.15, 0.2) is 5.72 Å². The van der Waals surface area contributed by atoms with Crippen LogP contribution >= 0.6 is 0 Å². The number of carboxylic acid groups (broad SMARTS) is 1. The largest absolute Gasteiger partial charge is 0.496 e. The van der Waals surface area contributed by atoms with Gasteiger partial charge in [0.1, 0.15) is 17.1 Å². The fraction of sp³-hybridized carbons (Fsp3) is 0.500. The normalized spacial score (nSPS) is 25.6. The number of amides is 2. The lowest BCUT2D eigenvalue weighted by atomic mass is 10.1. The maximum Gasteiger partial charge on any atom is 0.300 e. The average Bonchev–Trinajstić information content (AvgIpc) is 3.24. The van der Waals surface area contributed by atoms with Crippen molar-refractivity contribution < 1.29 is 33.4 Å². The Bertz CT molecular complexity index is 781. The number of rotatable bonds is 2. The molecule has 0 aromatic heterocycles. The Morgan fingerprint density at radius 1 is 1.37 bits per heavy atom. The van der Waals surface area contributed by atoms with E-state index < -0.39 is 23.4 Å². The van der Waals surface area contributed by atoms with Crippen molar-refractivity contribution in [1.82, 2.24) is 9.80 Å². The topological polar surface area (TPSA) is 96.4 Å². The number of aliphatic carboxylic acids is 1. The second kappa shape index (κ2) is 7.15. The summed E-state index contributed by atoms with van der Waals surface area (Å²) in [6, 6.07) is 3.92. The van der Waals surface area contributed by atoms with E-state index in [1.807, 2.05) is 0 Å². The predicted molar refractivity (Wildman–Crippen MR) is 90.7 cm³/mol. The van der Waals surface area contributed by atoms with Crippen LogP contribution < -0.4 is 4.74 Å². The molecule has 3 aliphatic rings. The number of hydrogen-bond acceptors (Lipinski definition) is 5. The molecule has 8 nitrogen and oxygen atoms in total. The number of ether oxygens (including phenoxy) is 2. The SMILES string of the molecule is CC(=O)O.COc1cccc(F)c1C(=O)N1CC[C@@]23OCCN2C(=O)C[C@@H]13. The number of carbonyl (C=O) groups excluding carboxylic acids is 2. The minimum Gasteiger partial charge on any atom is -0.496 e. The van der Waals surface area contributed by atoms with Gasteiger partial charge >= 0.3 is 0 Å². The molecule has 1 aromatic rings. The molecule has 1 spiro atoms. The molecule has 0 bridgehead atoms. The van der Waals surface area contributed by atoms with Crippen LogP contribution in [-0.2, 0) is 14.3 Å². The second-order valence-electron chi connectivity index (χ2n) is 6.54. The van der Waals surface area contributed by atoms with Gasteiger partial charge in [-0.15, -0.1) is 0 Å². The summed E-state index contributed by atoms with van der Waals surface area (Å²) in [5.41, 5.74) is -0.804. The zero-order chi connectivity index (χ0) is 19.8. The molecule has 3 saturated heterocycles. The zero-order valence-corrected chi connectivity index (χ0v) is 15.1. The van der Waals surface area contributed by atoms with Crippen LogP contribution in [0.3, 0.4) is 0 Å². The quantitative estimate of drug-likeness (QED) is 0.825. The molecule has 1 aromatic carbocycles. The molecule has 4 rings (SSSR count). The molecule has 1 N–H and O–H groups in total. The molecule has 0 aliphatic carbocycles. The summed E-state index contributed by atoms with van der Waals surface area (Å²) in [6.07, 6.45) is 0.786. The summed E-state index contributed by atoms with van der Waals surface area (Å²) >= 11 is 0. The van der Waals surface area contributed by atoms with Crippen LogP contribution in [0.2, 0.25) is 0 Å². The van der Waals surface area contributed by atoms with Crippen LogP contribution in [0.25, 0.3) is 0 Å². The predicted octanol–water partition coefficient (Wildman–Crippen LogP) is 1.10. The highest BCUT2D eigenvalue weighted by atomic mass is 19.1. The van der Waals surface area contributed by atoms with Crippen LogP contribution in [0, 0.1) is 5.82 Å². The minimum atomic E-state index is -0.833. The monoisotopic (exact) mass is 380 g/mol. The molecule has 3 aliphatic heterocycles. The lowest BCUT2D eigenvalue weighted by Gasteiger charge is -2.31. The zero-order valence-electron chi connectivity index (χ0n) is 15.1. The fourth-order valence-corrected chi connectivity index (χ4v) is 4.06. The van der Waals surface area contributed by atoms with E-state index in [1.165, 1.54) is 19.2 Å². The van der Waals surface area contributed by atoms with Crippen molar-refractivity contribution in [2.75, 3.05) is 26.8 Å². The Morgan fingerprint density at radius 3 is 2.74 bits per heavy atom. The first-order valence-corrected chi connectivity index (χ1v) is 8.59. The third-order valence-corrected chi connectivity index (χ3v) is 5.07. The van der Waals surface area contributed by atoms with E-state index in [0.717, 1.165) is 6.92 Å². The van der Waals surface area contributed by atoms with Gasteiger partial charge in [-0.05, 0) is 12.1 Å². The molecule has 0 radical (unpaired) electrons. The lowest BCUT2D eigenvalue weighted by molar-refractivity contribution is -0.136. The highest BCUT2D eigenvalue weighted by Crippen LogP contribution is 2.46. The summed E-state index contributed by atoms with van der Waals surface area (Å²) in [4.78, 5) is 37.4. The molecule has 3 heterocycles. The van der Waals surface area contributed by atoms with Crippen LogP contribution in [-0.4, -0.2) is 71.3 Å². The molecular weight excluding hydrogens is 359 g/mol. The molecule has 146 valence electrons. The summed E-state index contributed by atoms with van der Waals surface area (Å²) in [5.74, 6) is -1.72. The number of likely N-dealkylation sites (tertiary alicyclic amines) is 1. The van der Waals surface area contributed by atoms with E-state index in [9.17, 15) is 14.0 Å². The Morgan fingerprint density at radius 2 is 2.07 bits per heavy atom. The molecule has 2 amide bonds. The molecule has 3 fully saturated rings. The summed E-state index contributed by atoms with van der Waals surface area (Å²) in [6.45, 7) is 2.55. The molecule has 27 heavy (non-hydrogen) atoms. The van der Waals surface area contributed by atoms with Gasteiger partial charge in [-0.3, -0.25) is 14.4 Å². The smallest absolute Gasteiger partial charge is 0.300 e. The highest BCUT2D eigenvalue weighted by Gasteiger charge is 2.63. The molecule has 0 saturated carbocycles. The average molecular weight is 380 g/mol. The molecule has 2 atom stereocenters. The van der Waals surface area contributed by atoms with E-state index >= 15 is 0 Å². The Balaban J connectivity index is 0.000000481. The Hall–Kier alpha value is -2.68. The maximum absolute atomic E-state index is 14.2. The van der Waals surface area contributed by atoms with Crippen molar-refractivity contribution >= 4 is 17.8 Å². The summed E-state index contributed by atoms with van der Waals surface area (Å²) < 4.78 is 25.2. The van der Waals surface area contributed by atoms with Crippen molar-refractivity contribution in [1.29, 1.82) is 0 Å². The van der Waals surface area contributed by atoms with Gasteiger partial charge < -0.3 is 24.4 Å². The first-order chi connectivity index (χ1) is 12.8. The van der Waals surface area contributed by atoms with Gasteiger partial charge in [0.2, 0.25) is 5.91 Å². The third kappa shape index (κ3) is 3.12. The fourth-order valence-electron chi connectivity index (χ4n) is 4.06. The standard InChI is InChI=1S/C16H17FN2O4.C2H4O2/c1-22-11-4-2-3-10(17)14(11)15(21)18-6-5-16-12(18)9-13(20)19(16)7-8-23-16;1-2(3)4/h2-4,12H,5-9H2,1H3;1H3,(H,3,4)/t12-,16+;/m1./s1. The van der Waals surface area contributed by atoms with Gasteiger partial charge in [-0.1, -0.05) is 6.07 Å². The van der Waals surface area contributed by atoms with E-state index in [1.54, 1.807) is 15.9 Å². The van der Waals surface area contributed by atoms with Gasteiger partial charge in [-0.25, -0.2) is 4.39 Å². The number of hydrogen-bond donors (Lipinski definition) is 1. The van der Waals surface area contributed by atoms with Gasteiger partial charge in [0.25, 0.3) is 11.9 Å². The van der Waals surface area contributed by atoms with Crippen LogP contribution in [0.4, 0.5) is 4.39 Å².